The Balaban J connectivity index is 2.11. The van der Waals surface area contributed by atoms with Crippen molar-refractivity contribution in [1.82, 2.24) is 10.1 Å². The molecule has 0 aliphatic carbocycles. The fourth-order valence-electron chi connectivity index (χ4n) is 1.79. The molecule has 108 valence electrons. The Hall–Kier alpha value is -1.43. The smallest absolute Gasteiger partial charge is 0.258 e. The molecular formula is C14H18ClN3O2. The van der Waals surface area contributed by atoms with E-state index in [1.807, 2.05) is 26.0 Å². The average molecular weight is 296 g/mol. The van der Waals surface area contributed by atoms with E-state index in [1.165, 1.54) is 0 Å². The number of halogens is 1. The van der Waals surface area contributed by atoms with E-state index < -0.39 is 0 Å². The van der Waals surface area contributed by atoms with E-state index in [9.17, 15) is 0 Å². The number of benzene rings is 1. The summed E-state index contributed by atoms with van der Waals surface area (Å²) in [5.41, 5.74) is 7.77. The number of ether oxygens (including phenoxy) is 1. The molecule has 0 saturated heterocycles. The molecule has 1 aromatic heterocycles. The topological polar surface area (TPSA) is 74.2 Å². The van der Waals surface area contributed by atoms with Gasteiger partial charge < -0.3 is 15.0 Å². The Morgan fingerprint density at radius 2 is 2.20 bits per heavy atom. The summed E-state index contributed by atoms with van der Waals surface area (Å²) in [6, 6.07) is 5.19. The minimum atomic E-state index is -0.390. The van der Waals surface area contributed by atoms with Gasteiger partial charge in [-0.15, -0.1) is 0 Å². The maximum absolute atomic E-state index is 6.02. The van der Waals surface area contributed by atoms with E-state index in [2.05, 4.69) is 10.1 Å². The van der Waals surface area contributed by atoms with Gasteiger partial charge in [0.25, 0.3) is 5.89 Å². The lowest BCUT2D eigenvalue weighted by Crippen LogP contribution is -2.18. The summed E-state index contributed by atoms with van der Waals surface area (Å²) in [6.07, 6.45) is 0.950. The van der Waals surface area contributed by atoms with Crippen LogP contribution in [0.4, 0.5) is 0 Å². The van der Waals surface area contributed by atoms with Gasteiger partial charge in [-0.25, -0.2) is 0 Å². The normalized spacial score (nSPS) is 12.6. The van der Waals surface area contributed by atoms with Gasteiger partial charge in [-0.3, -0.25) is 0 Å². The number of nitrogens with zero attached hydrogens (tertiary/aromatic N) is 2. The van der Waals surface area contributed by atoms with Crippen molar-refractivity contribution in [3.8, 4) is 11.5 Å². The van der Waals surface area contributed by atoms with Gasteiger partial charge in [-0.05, 0) is 37.1 Å². The van der Waals surface area contributed by atoms with Crippen molar-refractivity contribution >= 4 is 11.6 Å². The van der Waals surface area contributed by atoms with Crippen LogP contribution in [0.3, 0.4) is 0 Å². The first-order valence-electron chi connectivity index (χ1n) is 6.54. The first-order valence-corrected chi connectivity index (χ1v) is 6.92. The van der Waals surface area contributed by atoms with Crippen molar-refractivity contribution < 1.29 is 9.26 Å². The molecule has 0 aliphatic rings. The van der Waals surface area contributed by atoms with E-state index >= 15 is 0 Å². The minimum Gasteiger partial charge on any atom is -0.379 e. The van der Waals surface area contributed by atoms with Crippen molar-refractivity contribution in [1.29, 1.82) is 0 Å². The first-order chi connectivity index (χ1) is 9.60. The van der Waals surface area contributed by atoms with Crippen LogP contribution in [-0.4, -0.2) is 23.4 Å². The molecule has 2 rings (SSSR count). The minimum absolute atomic E-state index is 0.376. The van der Waals surface area contributed by atoms with E-state index in [0.29, 0.717) is 30.0 Å². The number of rotatable bonds is 6. The second-order valence-corrected chi connectivity index (χ2v) is 5.09. The molecule has 1 unspecified atom stereocenters. The molecule has 0 amide bonds. The SMILES string of the molecule is CCCOCC(N)c1noc(-c2cc(C)cc(Cl)c2)n1. The average Bonchev–Trinajstić information content (AvgIpc) is 2.87. The third-order valence-electron chi connectivity index (χ3n) is 2.71. The second-order valence-electron chi connectivity index (χ2n) is 4.66. The molecule has 6 heteroatoms. The lowest BCUT2D eigenvalue weighted by atomic mass is 10.1. The molecule has 0 bridgehead atoms. The van der Waals surface area contributed by atoms with Crippen LogP contribution >= 0.6 is 11.6 Å². The molecule has 0 spiro atoms. The zero-order valence-electron chi connectivity index (χ0n) is 11.6. The number of aromatic nitrogens is 2. The molecule has 0 saturated carbocycles. The van der Waals surface area contributed by atoms with Crippen molar-refractivity contribution in [3.63, 3.8) is 0 Å². The molecule has 2 aromatic rings. The Labute approximate surface area is 123 Å². The number of nitrogens with two attached hydrogens (primary N) is 1. The van der Waals surface area contributed by atoms with E-state index in [1.54, 1.807) is 6.07 Å². The zero-order valence-corrected chi connectivity index (χ0v) is 12.4. The lowest BCUT2D eigenvalue weighted by Gasteiger charge is -2.06. The van der Waals surface area contributed by atoms with Gasteiger partial charge in [0.1, 0.15) is 0 Å². The van der Waals surface area contributed by atoms with Crippen LogP contribution in [0, 0.1) is 6.92 Å². The largest absolute Gasteiger partial charge is 0.379 e. The number of aryl methyl sites for hydroxylation is 1. The fraction of sp³-hybridized carbons (Fsp3) is 0.429. The number of hydrogen-bond acceptors (Lipinski definition) is 5. The van der Waals surface area contributed by atoms with Gasteiger partial charge in [-0.2, -0.15) is 4.98 Å². The standard InChI is InChI=1S/C14H18ClN3O2/c1-3-4-19-8-12(16)13-17-14(20-18-13)10-5-9(2)6-11(15)7-10/h5-7,12H,3-4,8,16H2,1-2H3. The van der Waals surface area contributed by atoms with Gasteiger partial charge in [-0.1, -0.05) is 23.7 Å². The van der Waals surface area contributed by atoms with Crippen LogP contribution in [0.25, 0.3) is 11.5 Å². The molecule has 20 heavy (non-hydrogen) atoms. The monoisotopic (exact) mass is 295 g/mol. The third kappa shape index (κ3) is 3.79. The molecule has 1 heterocycles. The van der Waals surface area contributed by atoms with Crippen LogP contribution in [0.5, 0.6) is 0 Å². The maximum Gasteiger partial charge on any atom is 0.258 e. The van der Waals surface area contributed by atoms with Crippen LogP contribution in [0.15, 0.2) is 22.7 Å². The summed E-state index contributed by atoms with van der Waals surface area (Å²) in [5, 5.41) is 4.53. The van der Waals surface area contributed by atoms with E-state index in [0.717, 1.165) is 17.5 Å². The highest BCUT2D eigenvalue weighted by Gasteiger charge is 2.16. The molecule has 0 radical (unpaired) electrons. The Kier molecular flexibility index (Phi) is 5.11. The molecular weight excluding hydrogens is 278 g/mol. The van der Waals surface area contributed by atoms with E-state index in [4.69, 9.17) is 26.6 Å². The summed E-state index contributed by atoms with van der Waals surface area (Å²) in [5.74, 6) is 0.852. The summed E-state index contributed by atoms with van der Waals surface area (Å²) < 4.78 is 10.6. The van der Waals surface area contributed by atoms with Gasteiger partial charge in [0.2, 0.25) is 0 Å². The van der Waals surface area contributed by atoms with Crippen LogP contribution < -0.4 is 5.73 Å². The molecule has 1 aromatic carbocycles. The van der Waals surface area contributed by atoms with Crippen molar-refractivity contribution in [2.24, 2.45) is 5.73 Å². The molecule has 0 aliphatic heterocycles. The molecule has 0 fully saturated rings. The van der Waals surface area contributed by atoms with Gasteiger partial charge in [0.05, 0.1) is 12.6 Å². The summed E-state index contributed by atoms with van der Waals surface area (Å²) >= 11 is 6.02. The predicted molar refractivity (Wildman–Crippen MR) is 77.5 cm³/mol. The van der Waals surface area contributed by atoms with Crippen LogP contribution in [-0.2, 0) is 4.74 Å². The van der Waals surface area contributed by atoms with Gasteiger partial charge in [0, 0.05) is 17.2 Å². The molecule has 2 N–H and O–H groups in total. The highest BCUT2D eigenvalue weighted by molar-refractivity contribution is 6.30. The van der Waals surface area contributed by atoms with Crippen LogP contribution in [0.2, 0.25) is 5.02 Å². The second kappa shape index (κ2) is 6.83. The zero-order chi connectivity index (χ0) is 14.5. The van der Waals surface area contributed by atoms with Crippen molar-refractivity contribution in [2.45, 2.75) is 26.3 Å². The lowest BCUT2D eigenvalue weighted by molar-refractivity contribution is 0.119. The first kappa shape index (κ1) is 15.0. The fourth-order valence-corrected chi connectivity index (χ4v) is 2.08. The van der Waals surface area contributed by atoms with Crippen LogP contribution in [0.1, 0.15) is 30.8 Å². The molecule has 5 nitrogen and oxygen atoms in total. The summed E-state index contributed by atoms with van der Waals surface area (Å²) in [4.78, 5) is 4.30. The van der Waals surface area contributed by atoms with Gasteiger partial charge in [0.15, 0.2) is 5.82 Å². The molecule has 1 atom stereocenters. The van der Waals surface area contributed by atoms with Crippen molar-refractivity contribution in [3.05, 3.63) is 34.6 Å². The quantitative estimate of drug-likeness (QED) is 0.829. The highest BCUT2D eigenvalue weighted by Crippen LogP contribution is 2.24. The maximum atomic E-state index is 6.02. The number of hydrogen-bond donors (Lipinski definition) is 1. The van der Waals surface area contributed by atoms with E-state index in [-0.39, 0.29) is 6.04 Å². The Morgan fingerprint density at radius 1 is 1.40 bits per heavy atom. The Bertz CT molecular complexity index is 551. The van der Waals surface area contributed by atoms with Gasteiger partial charge >= 0.3 is 0 Å². The summed E-state index contributed by atoms with van der Waals surface area (Å²) in [7, 11) is 0. The third-order valence-corrected chi connectivity index (χ3v) is 2.93. The highest BCUT2D eigenvalue weighted by atomic mass is 35.5. The Morgan fingerprint density at radius 3 is 2.90 bits per heavy atom. The predicted octanol–water partition coefficient (Wildman–Crippen LogP) is 3.12. The summed E-state index contributed by atoms with van der Waals surface area (Å²) in [6.45, 7) is 5.05. The van der Waals surface area contributed by atoms with Crippen molar-refractivity contribution in [2.75, 3.05) is 13.2 Å².